The Hall–Kier alpha value is -2.15. The van der Waals surface area contributed by atoms with E-state index < -0.39 is 22.8 Å². The number of thioether (sulfide) groups is 1. The Bertz CT molecular complexity index is 769. The fraction of sp³-hybridized carbons (Fsp3) is 0.188. The number of ether oxygens (including phenoxy) is 1. The number of hydrogen-bond acceptors (Lipinski definition) is 3. The Labute approximate surface area is 135 Å². The lowest BCUT2D eigenvalue weighted by Crippen LogP contribution is -2.28. The lowest BCUT2D eigenvalue weighted by atomic mass is 10.1. The summed E-state index contributed by atoms with van der Waals surface area (Å²) in [5, 5.41) is -0.576. The van der Waals surface area contributed by atoms with E-state index >= 15 is 0 Å². The van der Waals surface area contributed by atoms with Gasteiger partial charge in [0.15, 0.2) is 11.6 Å². The molecule has 0 aliphatic carbocycles. The van der Waals surface area contributed by atoms with Gasteiger partial charge in [-0.3, -0.25) is 9.69 Å². The van der Waals surface area contributed by atoms with Crippen molar-refractivity contribution in [3.8, 4) is 5.75 Å². The van der Waals surface area contributed by atoms with Gasteiger partial charge in [0, 0.05) is 6.07 Å². The number of methoxy groups -OCH3 is 1. The smallest absolute Gasteiger partial charge is 0.238 e. The fourth-order valence-corrected chi connectivity index (χ4v) is 3.61. The maximum Gasteiger partial charge on any atom is 0.238 e. The van der Waals surface area contributed by atoms with Gasteiger partial charge in [-0.2, -0.15) is 0 Å². The molecule has 23 heavy (non-hydrogen) atoms. The zero-order valence-electron chi connectivity index (χ0n) is 12.1. The Kier molecular flexibility index (Phi) is 4.21. The summed E-state index contributed by atoms with van der Waals surface area (Å²) in [5.74, 6) is -2.24. The molecule has 0 aromatic heterocycles. The van der Waals surface area contributed by atoms with Gasteiger partial charge >= 0.3 is 0 Å². The number of carbonyl (C=O) groups is 1. The molecule has 0 spiro atoms. The predicted octanol–water partition coefficient (Wildman–Crippen LogP) is 3.89. The highest BCUT2D eigenvalue weighted by Gasteiger charge is 2.36. The van der Waals surface area contributed by atoms with Crippen molar-refractivity contribution >= 4 is 23.4 Å². The van der Waals surface area contributed by atoms with Gasteiger partial charge in [0.2, 0.25) is 5.91 Å². The Morgan fingerprint density at radius 2 is 1.91 bits per heavy atom. The van der Waals surface area contributed by atoms with E-state index in [4.69, 9.17) is 4.74 Å². The molecule has 1 saturated heterocycles. The van der Waals surface area contributed by atoms with Crippen LogP contribution in [0.2, 0.25) is 0 Å². The monoisotopic (exact) mass is 339 g/mol. The first-order chi connectivity index (χ1) is 11.0. The van der Waals surface area contributed by atoms with Gasteiger partial charge in [-0.15, -0.1) is 11.8 Å². The number of hydrogen-bond donors (Lipinski definition) is 0. The van der Waals surface area contributed by atoms with E-state index in [-0.39, 0.29) is 17.3 Å². The topological polar surface area (TPSA) is 29.5 Å². The summed E-state index contributed by atoms with van der Waals surface area (Å²) in [6.45, 7) is 0. The third-order valence-corrected chi connectivity index (χ3v) is 4.71. The molecule has 3 nitrogen and oxygen atoms in total. The van der Waals surface area contributed by atoms with E-state index in [1.807, 2.05) is 0 Å². The van der Waals surface area contributed by atoms with Crippen molar-refractivity contribution in [2.45, 2.75) is 5.37 Å². The van der Waals surface area contributed by atoms with Crippen LogP contribution in [0.15, 0.2) is 36.4 Å². The Balaban J connectivity index is 2.07. The zero-order valence-corrected chi connectivity index (χ0v) is 12.9. The molecule has 1 heterocycles. The van der Waals surface area contributed by atoms with E-state index in [1.54, 1.807) is 0 Å². The van der Waals surface area contributed by atoms with Crippen LogP contribution in [0.5, 0.6) is 5.75 Å². The summed E-state index contributed by atoms with van der Waals surface area (Å²) >= 11 is 1.26. The summed E-state index contributed by atoms with van der Waals surface area (Å²) in [7, 11) is 1.41. The molecule has 120 valence electrons. The summed E-state index contributed by atoms with van der Waals surface area (Å²) in [5.41, 5.74) is 0.684. The second-order valence-corrected chi connectivity index (χ2v) is 5.99. The van der Waals surface area contributed by atoms with Gasteiger partial charge in [0.1, 0.15) is 16.9 Å². The van der Waals surface area contributed by atoms with Gasteiger partial charge in [0.05, 0.1) is 18.6 Å². The van der Waals surface area contributed by atoms with Gasteiger partial charge in [0.25, 0.3) is 0 Å². The van der Waals surface area contributed by atoms with E-state index in [0.717, 1.165) is 12.1 Å². The highest BCUT2D eigenvalue weighted by Crippen LogP contribution is 2.45. The molecule has 0 bridgehead atoms. The number of carbonyl (C=O) groups excluding carboxylic acids is 1. The van der Waals surface area contributed by atoms with Crippen molar-refractivity contribution < 1.29 is 22.7 Å². The molecular formula is C16H12F3NO2S. The third-order valence-electron chi connectivity index (χ3n) is 3.50. The third kappa shape index (κ3) is 2.88. The fourth-order valence-electron chi connectivity index (χ4n) is 2.45. The number of halogens is 3. The molecule has 1 atom stereocenters. The van der Waals surface area contributed by atoms with Crippen LogP contribution in [0.3, 0.4) is 0 Å². The van der Waals surface area contributed by atoms with E-state index in [1.165, 1.54) is 48.0 Å². The van der Waals surface area contributed by atoms with Crippen molar-refractivity contribution in [2.24, 2.45) is 0 Å². The maximum atomic E-state index is 13.6. The van der Waals surface area contributed by atoms with E-state index in [9.17, 15) is 18.0 Å². The van der Waals surface area contributed by atoms with Crippen LogP contribution in [0.1, 0.15) is 10.9 Å². The minimum Gasteiger partial charge on any atom is -0.495 e. The van der Waals surface area contributed by atoms with E-state index in [2.05, 4.69) is 0 Å². The molecule has 1 aliphatic rings. The molecule has 3 rings (SSSR count). The number of amides is 1. The van der Waals surface area contributed by atoms with E-state index in [0.29, 0.717) is 11.3 Å². The molecule has 7 heteroatoms. The molecule has 0 saturated carbocycles. The quantitative estimate of drug-likeness (QED) is 0.850. The van der Waals surface area contributed by atoms with Crippen LogP contribution >= 0.6 is 11.8 Å². The second-order valence-electron chi connectivity index (χ2n) is 4.92. The predicted molar refractivity (Wildman–Crippen MR) is 82.0 cm³/mol. The molecule has 0 radical (unpaired) electrons. The van der Waals surface area contributed by atoms with Gasteiger partial charge in [-0.25, -0.2) is 13.2 Å². The first kappa shape index (κ1) is 15.7. The van der Waals surface area contributed by atoms with Crippen LogP contribution in [0, 0.1) is 17.5 Å². The SMILES string of the molecule is COc1ccc(F)cc1N1C(=O)CSC1c1ccc(F)c(F)c1. The van der Waals surface area contributed by atoms with Crippen LogP contribution < -0.4 is 9.64 Å². The molecule has 1 unspecified atom stereocenters. The van der Waals surface area contributed by atoms with Crippen molar-refractivity contribution in [3.63, 3.8) is 0 Å². The van der Waals surface area contributed by atoms with Gasteiger partial charge in [-0.05, 0) is 29.8 Å². The largest absolute Gasteiger partial charge is 0.495 e. The van der Waals surface area contributed by atoms with Crippen LogP contribution in [-0.4, -0.2) is 18.8 Å². The summed E-state index contributed by atoms with van der Waals surface area (Å²) in [6.07, 6.45) is 0. The molecule has 0 N–H and O–H groups in total. The Morgan fingerprint density at radius 3 is 2.61 bits per heavy atom. The normalized spacial score (nSPS) is 17.7. The molecule has 1 amide bonds. The molecule has 1 fully saturated rings. The highest BCUT2D eigenvalue weighted by molar-refractivity contribution is 8.00. The van der Waals surface area contributed by atoms with Crippen LogP contribution in [-0.2, 0) is 4.79 Å². The number of anilines is 1. The lowest BCUT2D eigenvalue weighted by molar-refractivity contribution is -0.115. The summed E-state index contributed by atoms with van der Waals surface area (Å²) in [6, 6.07) is 7.30. The summed E-state index contributed by atoms with van der Waals surface area (Å²) in [4.78, 5) is 13.6. The molecule has 2 aromatic rings. The average molecular weight is 339 g/mol. The number of rotatable bonds is 3. The molecule has 1 aliphatic heterocycles. The van der Waals surface area contributed by atoms with Crippen LogP contribution in [0.25, 0.3) is 0 Å². The lowest BCUT2D eigenvalue weighted by Gasteiger charge is -2.26. The summed E-state index contributed by atoms with van der Waals surface area (Å²) < 4.78 is 45.4. The van der Waals surface area contributed by atoms with Crippen molar-refractivity contribution in [3.05, 3.63) is 59.4 Å². The average Bonchev–Trinajstić information content (AvgIpc) is 2.91. The minimum absolute atomic E-state index is 0.156. The van der Waals surface area contributed by atoms with Gasteiger partial charge in [-0.1, -0.05) is 6.07 Å². The first-order valence-corrected chi connectivity index (χ1v) is 7.78. The second kappa shape index (κ2) is 6.16. The molecular weight excluding hydrogens is 327 g/mol. The number of nitrogens with zero attached hydrogens (tertiary/aromatic N) is 1. The van der Waals surface area contributed by atoms with Crippen molar-refractivity contribution in [1.29, 1.82) is 0 Å². The number of benzene rings is 2. The van der Waals surface area contributed by atoms with Crippen molar-refractivity contribution in [2.75, 3.05) is 17.8 Å². The standard InChI is InChI=1S/C16H12F3NO2S/c1-22-14-5-3-10(17)7-13(14)20-15(21)8-23-16(20)9-2-4-11(18)12(19)6-9/h2-7,16H,8H2,1H3. The Morgan fingerprint density at radius 1 is 1.13 bits per heavy atom. The minimum atomic E-state index is -0.992. The maximum absolute atomic E-state index is 13.6. The zero-order chi connectivity index (χ0) is 16.6. The highest BCUT2D eigenvalue weighted by atomic mass is 32.2. The van der Waals surface area contributed by atoms with Crippen molar-refractivity contribution in [1.82, 2.24) is 0 Å². The van der Waals surface area contributed by atoms with Crippen LogP contribution in [0.4, 0.5) is 18.9 Å². The molecule has 2 aromatic carbocycles. The van der Waals surface area contributed by atoms with Gasteiger partial charge < -0.3 is 4.74 Å². The first-order valence-electron chi connectivity index (χ1n) is 6.73.